The molecule has 3 N–H and O–H groups in total. The van der Waals surface area contributed by atoms with E-state index in [9.17, 15) is 4.79 Å². The van der Waals surface area contributed by atoms with Crippen LogP contribution in [-0.2, 0) is 4.79 Å². The predicted molar refractivity (Wildman–Crippen MR) is 58.6 cm³/mol. The van der Waals surface area contributed by atoms with E-state index in [1.807, 2.05) is 19.1 Å². The van der Waals surface area contributed by atoms with Crippen LogP contribution in [-0.4, -0.2) is 12.5 Å². The second kappa shape index (κ2) is 5.07. The van der Waals surface area contributed by atoms with E-state index in [0.29, 0.717) is 6.54 Å². The molecule has 1 amide bonds. The van der Waals surface area contributed by atoms with Gasteiger partial charge >= 0.3 is 0 Å². The van der Waals surface area contributed by atoms with E-state index < -0.39 is 0 Å². The van der Waals surface area contributed by atoms with Crippen LogP contribution in [0.3, 0.4) is 0 Å². The molecule has 1 aromatic rings. The van der Waals surface area contributed by atoms with E-state index >= 15 is 0 Å². The van der Waals surface area contributed by atoms with Gasteiger partial charge in [0.15, 0.2) is 0 Å². The number of nitrogens with two attached hydrogens (primary N) is 1. The minimum Gasteiger partial charge on any atom is -0.399 e. The zero-order chi connectivity index (χ0) is 10.4. The molecule has 0 fully saturated rings. The van der Waals surface area contributed by atoms with Crippen LogP contribution in [0.25, 0.3) is 6.08 Å². The monoisotopic (exact) mass is 190 g/mol. The summed E-state index contributed by atoms with van der Waals surface area (Å²) in [4.78, 5) is 11.1. The van der Waals surface area contributed by atoms with Crippen molar-refractivity contribution in [3.05, 3.63) is 35.9 Å². The molecule has 0 saturated heterocycles. The van der Waals surface area contributed by atoms with Gasteiger partial charge in [0.05, 0.1) is 0 Å². The van der Waals surface area contributed by atoms with E-state index in [1.165, 1.54) is 6.08 Å². The van der Waals surface area contributed by atoms with E-state index in [-0.39, 0.29) is 5.91 Å². The highest BCUT2D eigenvalue weighted by molar-refractivity contribution is 5.91. The standard InChI is InChI=1S/C11H14N2O/c1-2-13-11(14)8-5-9-3-6-10(12)7-4-9/h3-8H,2,12H2,1H3,(H,13,14)/b8-5+. The maximum Gasteiger partial charge on any atom is 0.243 e. The Morgan fingerprint density at radius 1 is 1.43 bits per heavy atom. The number of carbonyl (C=O) groups is 1. The van der Waals surface area contributed by atoms with Crippen molar-refractivity contribution in [1.29, 1.82) is 0 Å². The van der Waals surface area contributed by atoms with Crippen molar-refractivity contribution >= 4 is 17.7 Å². The Hall–Kier alpha value is -1.77. The van der Waals surface area contributed by atoms with Gasteiger partial charge in [-0.25, -0.2) is 0 Å². The molecule has 0 unspecified atom stereocenters. The predicted octanol–water partition coefficient (Wildman–Crippen LogP) is 1.42. The fourth-order valence-corrected chi connectivity index (χ4v) is 1.01. The van der Waals surface area contributed by atoms with Crippen LogP contribution in [0.2, 0.25) is 0 Å². The van der Waals surface area contributed by atoms with Gasteiger partial charge in [-0.15, -0.1) is 0 Å². The first kappa shape index (κ1) is 10.3. The summed E-state index contributed by atoms with van der Waals surface area (Å²) >= 11 is 0. The lowest BCUT2D eigenvalue weighted by Crippen LogP contribution is -2.19. The van der Waals surface area contributed by atoms with Crippen molar-refractivity contribution < 1.29 is 4.79 Å². The van der Waals surface area contributed by atoms with Gasteiger partial charge < -0.3 is 11.1 Å². The van der Waals surface area contributed by atoms with Crippen molar-refractivity contribution in [2.75, 3.05) is 12.3 Å². The maximum atomic E-state index is 11.1. The second-order valence-electron chi connectivity index (χ2n) is 2.89. The van der Waals surface area contributed by atoms with Crippen molar-refractivity contribution in [2.24, 2.45) is 0 Å². The van der Waals surface area contributed by atoms with Crippen molar-refractivity contribution in [3.63, 3.8) is 0 Å². The van der Waals surface area contributed by atoms with Gasteiger partial charge in [0.1, 0.15) is 0 Å². The average Bonchev–Trinajstić information content (AvgIpc) is 2.17. The molecule has 74 valence electrons. The molecule has 0 aliphatic heterocycles. The second-order valence-corrected chi connectivity index (χ2v) is 2.89. The largest absolute Gasteiger partial charge is 0.399 e. The summed E-state index contributed by atoms with van der Waals surface area (Å²) in [6.45, 7) is 2.53. The van der Waals surface area contributed by atoms with E-state index in [4.69, 9.17) is 5.73 Å². The first-order chi connectivity index (χ1) is 6.72. The minimum atomic E-state index is -0.0793. The van der Waals surface area contributed by atoms with Crippen LogP contribution in [0.1, 0.15) is 12.5 Å². The van der Waals surface area contributed by atoms with Gasteiger partial charge in [-0.3, -0.25) is 4.79 Å². The Bertz CT molecular complexity index is 328. The molecule has 0 radical (unpaired) electrons. The first-order valence-corrected chi connectivity index (χ1v) is 4.54. The van der Waals surface area contributed by atoms with Gasteiger partial charge in [0, 0.05) is 18.3 Å². The first-order valence-electron chi connectivity index (χ1n) is 4.54. The molecule has 0 heterocycles. The number of carbonyl (C=O) groups excluding carboxylic acids is 1. The van der Waals surface area contributed by atoms with E-state index in [0.717, 1.165) is 11.3 Å². The average molecular weight is 190 g/mol. The highest BCUT2D eigenvalue weighted by Gasteiger charge is 1.91. The zero-order valence-corrected chi connectivity index (χ0v) is 8.16. The zero-order valence-electron chi connectivity index (χ0n) is 8.16. The molecule has 0 saturated carbocycles. The molecule has 3 nitrogen and oxygen atoms in total. The molecule has 0 aromatic heterocycles. The normalized spacial score (nSPS) is 10.4. The molecule has 0 atom stereocenters. The topological polar surface area (TPSA) is 55.1 Å². The van der Waals surface area contributed by atoms with Crippen LogP contribution in [0, 0.1) is 0 Å². The van der Waals surface area contributed by atoms with Crippen molar-refractivity contribution in [1.82, 2.24) is 5.32 Å². The van der Waals surface area contributed by atoms with Crippen LogP contribution in [0.4, 0.5) is 5.69 Å². The van der Waals surface area contributed by atoms with E-state index in [2.05, 4.69) is 5.32 Å². The summed E-state index contributed by atoms with van der Waals surface area (Å²) in [5.41, 5.74) is 7.21. The van der Waals surface area contributed by atoms with Gasteiger partial charge in [-0.05, 0) is 30.7 Å². The number of anilines is 1. The molecule has 0 spiro atoms. The third-order valence-corrected chi connectivity index (χ3v) is 1.71. The summed E-state index contributed by atoms with van der Waals surface area (Å²) in [5.74, 6) is -0.0793. The van der Waals surface area contributed by atoms with Crippen molar-refractivity contribution in [2.45, 2.75) is 6.92 Å². The maximum absolute atomic E-state index is 11.1. The van der Waals surface area contributed by atoms with Crippen LogP contribution in [0.5, 0.6) is 0 Å². The number of nitrogen functional groups attached to an aromatic ring is 1. The van der Waals surface area contributed by atoms with Gasteiger partial charge in [-0.2, -0.15) is 0 Å². The minimum absolute atomic E-state index is 0.0793. The molecule has 1 aromatic carbocycles. The summed E-state index contributed by atoms with van der Waals surface area (Å²) in [6, 6.07) is 7.34. The Kier molecular flexibility index (Phi) is 3.73. The Morgan fingerprint density at radius 3 is 2.64 bits per heavy atom. The molecule has 0 aliphatic carbocycles. The summed E-state index contributed by atoms with van der Waals surface area (Å²) < 4.78 is 0. The SMILES string of the molecule is CCNC(=O)/C=C/c1ccc(N)cc1. The molecule has 0 aliphatic rings. The Morgan fingerprint density at radius 2 is 2.07 bits per heavy atom. The quantitative estimate of drug-likeness (QED) is 0.559. The fraction of sp³-hybridized carbons (Fsp3) is 0.182. The highest BCUT2D eigenvalue weighted by Crippen LogP contribution is 2.06. The number of amides is 1. The highest BCUT2D eigenvalue weighted by atomic mass is 16.1. The Labute approximate surface area is 83.6 Å². The van der Waals surface area contributed by atoms with E-state index in [1.54, 1.807) is 18.2 Å². The molecular formula is C11H14N2O. The lowest BCUT2D eigenvalue weighted by molar-refractivity contribution is -0.116. The molecule has 3 heteroatoms. The van der Waals surface area contributed by atoms with Crippen molar-refractivity contribution in [3.8, 4) is 0 Å². The molecule has 1 rings (SSSR count). The lowest BCUT2D eigenvalue weighted by Gasteiger charge is -1.96. The fourth-order valence-electron chi connectivity index (χ4n) is 1.01. The van der Waals surface area contributed by atoms with Gasteiger partial charge in [0.25, 0.3) is 0 Å². The van der Waals surface area contributed by atoms with Crippen LogP contribution < -0.4 is 11.1 Å². The third kappa shape index (κ3) is 3.31. The smallest absolute Gasteiger partial charge is 0.243 e. The molecular weight excluding hydrogens is 176 g/mol. The van der Waals surface area contributed by atoms with Gasteiger partial charge in [-0.1, -0.05) is 12.1 Å². The summed E-state index contributed by atoms with van der Waals surface area (Å²) in [6.07, 6.45) is 3.26. The number of benzene rings is 1. The number of rotatable bonds is 3. The van der Waals surface area contributed by atoms with Gasteiger partial charge in [0.2, 0.25) is 5.91 Å². The number of hydrogen-bond acceptors (Lipinski definition) is 2. The summed E-state index contributed by atoms with van der Waals surface area (Å²) in [7, 11) is 0. The third-order valence-electron chi connectivity index (χ3n) is 1.71. The Balaban J connectivity index is 2.60. The molecule has 14 heavy (non-hydrogen) atoms. The van der Waals surface area contributed by atoms with Crippen LogP contribution in [0.15, 0.2) is 30.3 Å². The molecule has 0 bridgehead atoms. The number of hydrogen-bond donors (Lipinski definition) is 2. The number of likely N-dealkylation sites (N-methyl/N-ethyl adjacent to an activating group) is 1. The van der Waals surface area contributed by atoms with Crippen LogP contribution >= 0.6 is 0 Å². The number of nitrogens with one attached hydrogen (secondary N) is 1. The lowest BCUT2D eigenvalue weighted by atomic mass is 10.2. The summed E-state index contributed by atoms with van der Waals surface area (Å²) in [5, 5.41) is 2.68.